The maximum absolute atomic E-state index is 10.9. The van der Waals surface area contributed by atoms with E-state index in [1.54, 1.807) is 0 Å². The van der Waals surface area contributed by atoms with Crippen molar-refractivity contribution in [1.29, 1.82) is 0 Å². The summed E-state index contributed by atoms with van der Waals surface area (Å²) in [5.41, 5.74) is 2.82. The molecule has 0 fully saturated rings. The molecule has 10 heteroatoms. The highest BCUT2D eigenvalue weighted by molar-refractivity contribution is 5.86. The zero-order chi connectivity index (χ0) is 17.7. The van der Waals surface area contributed by atoms with Gasteiger partial charge in [0.05, 0.1) is 34.9 Å². The number of nitro groups is 2. The fourth-order valence-electron chi connectivity index (χ4n) is 1.81. The summed E-state index contributed by atoms with van der Waals surface area (Å²) in [6.45, 7) is 0. The highest BCUT2D eigenvalue weighted by Gasteiger charge is 2.15. The highest BCUT2D eigenvalue weighted by Crippen LogP contribution is 2.33. The van der Waals surface area contributed by atoms with Crippen molar-refractivity contribution in [3.05, 3.63) is 62.2 Å². The number of non-ortho nitro benzene ring substituents is 2. The molecule has 2 rings (SSSR count). The lowest BCUT2D eigenvalue weighted by Crippen LogP contribution is -1.96. The van der Waals surface area contributed by atoms with E-state index in [0.717, 1.165) is 12.1 Å². The normalized spacial score (nSPS) is 10.5. The summed E-state index contributed by atoms with van der Waals surface area (Å²) in [4.78, 5) is 20.3. The molecule has 2 N–H and O–H groups in total. The van der Waals surface area contributed by atoms with Crippen LogP contribution in [0.3, 0.4) is 0 Å². The summed E-state index contributed by atoms with van der Waals surface area (Å²) in [5.74, 6) is -0.349. The van der Waals surface area contributed by atoms with Gasteiger partial charge in [0.25, 0.3) is 11.4 Å². The minimum absolute atomic E-state index is 0.0546. The van der Waals surface area contributed by atoms with Crippen LogP contribution < -0.4 is 10.2 Å². The van der Waals surface area contributed by atoms with Crippen molar-refractivity contribution in [2.45, 2.75) is 0 Å². The van der Waals surface area contributed by atoms with Gasteiger partial charge in [0.1, 0.15) is 0 Å². The number of nitro benzene ring substituents is 2. The topological polar surface area (TPSA) is 140 Å². The lowest BCUT2D eigenvalue weighted by molar-refractivity contribution is -0.385. The number of methoxy groups -OCH3 is 1. The SMILES string of the molecule is COc1cc([N+](=O)[O-])cc(/C=N/Nc2ccc([N+](=O)[O-])cc2)c1O. The molecule has 0 radical (unpaired) electrons. The summed E-state index contributed by atoms with van der Waals surface area (Å²) in [6, 6.07) is 7.72. The lowest BCUT2D eigenvalue weighted by atomic mass is 10.2. The van der Waals surface area contributed by atoms with Crippen molar-refractivity contribution in [2.24, 2.45) is 5.10 Å². The van der Waals surface area contributed by atoms with Gasteiger partial charge in [-0.05, 0) is 12.1 Å². The Morgan fingerprint density at radius 1 is 1.12 bits per heavy atom. The summed E-state index contributed by atoms with van der Waals surface area (Å²) < 4.78 is 4.88. The van der Waals surface area contributed by atoms with Crippen molar-refractivity contribution < 1.29 is 19.7 Å². The van der Waals surface area contributed by atoms with Crippen LogP contribution in [0.5, 0.6) is 11.5 Å². The van der Waals surface area contributed by atoms with Crippen LogP contribution in [0.1, 0.15) is 5.56 Å². The van der Waals surface area contributed by atoms with Gasteiger partial charge in [-0.3, -0.25) is 25.7 Å². The number of nitrogens with zero attached hydrogens (tertiary/aromatic N) is 3. The summed E-state index contributed by atoms with van der Waals surface area (Å²) >= 11 is 0. The van der Waals surface area contributed by atoms with Gasteiger partial charge in [0.2, 0.25) is 0 Å². The predicted octanol–water partition coefficient (Wildman–Crippen LogP) is 2.66. The molecule has 0 bridgehead atoms. The Hall–Kier alpha value is -3.69. The first-order valence-corrected chi connectivity index (χ1v) is 6.51. The van der Waals surface area contributed by atoms with Crippen LogP contribution in [0.4, 0.5) is 17.1 Å². The fourth-order valence-corrected chi connectivity index (χ4v) is 1.81. The van der Waals surface area contributed by atoms with Crippen molar-refractivity contribution in [3.63, 3.8) is 0 Å². The number of aromatic hydroxyl groups is 1. The third-order valence-corrected chi connectivity index (χ3v) is 3.00. The molecule has 0 atom stereocenters. The second-order valence-electron chi connectivity index (χ2n) is 4.52. The number of benzene rings is 2. The van der Waals surface area contributed by atoms with E-state index in [1.807, 2.05) is 0 Å². The Morgan fingerprint density at radius 2 is 1.75 bits per heavy atom. The molecule has 0 saturated heterocycles. The van der Waals surface area contributed by atoms with Crippen LogP contribution in [0, 0.1) is 20.2 Å². The first-order valence-electron chi connectivity index (χ1n) is 6.51. The molecule has 0 heterocycles. The molecule has 0 aliphatic rings. The third-order valence-electron chi connectivity index (χ3n) is 3.00. The number of ether oxygens (including phenoxy) is 1. The molecule has 2 aromatic carbocycles. The van der Waals surface area contributed by atoms with E-state index in [9.17, 15) is 25.3 Å². The standard InChI is InChI=1S/C14H12N4O6/c1-24-13-7-12(18(22)23)6-9(14(13)19)8-15-16-10-2-4-11(5-3-10)17(20)21/h2-8,16,19H,1H3/b15-8+. The summed E-state index contributed by atoms with van der Waals surface area (Å²) in [6.07, 6.45) is 1.17. The number of phenols is 1. The van der Waals surface area contributed by atoms with Crippen LogP contribution in [0.15, 0.2) is 41.5 Å². The Balaban J connectivity index is 2.20. The molecule has 0 amide bonds. The van der Waals surface area contributed by atoms with Crippen LogP contribution in [0.25, 0.3) is 0 Å². The van der Waals surface area contributed by atoms with Gasteiger partial charge in [-0.15, -0.1) is 0 Å². The van der Waals surface area contributed by atoms with Gasteiger partial charge in [-0.1, -0.05) is 0 Å². The number of hydrogen-bond donors (Lipinski definition) is 2. The van der Waals surface area contributed by atoms with E-state index >= 15 is 0 Å². The molecular formula is C14H12N4O6. The maximum atomic E-state index is 10.9. The van der Waals surface area contributed by atoms with Crippen molar-refractivity contribution in [2.75, 3.05) is 12.5 Å². The van der Waals surface area contributed by atoms with Gasteiger partial charge < -0.3 is 9.84 Å². The smallest absolute Gasteiger partial charge is 0.274 e. The average Bonchev–Trinajstić information content (AvgIpc) is 2.56. The van der Waals surface area contributed by atoms with Crippen LogP contribution in [0.2, 0.25) is 0 Å². The van der Waals surface area contributed by atoms with Crippen molar-refractivity contribution in [1.82, 2.24) is 0 Å². The Labute approximate surface area is 135 Å². The molecule has 24 heavy (non-hydrogen) atoms. The largest absolute Gasteiger partial charge is 0.504 e. The lowest BCUT2D eigenvalue weighted by Gasteiger charge is -2.06. The first kappa shape index (κ1) is 16.7. The molecule has 2 aromatic rings. The molecule has 0 saturated carbocycles. The van der Waals surface area contributed by atoms with E-state index in [-0.39, 0.29) is 28.4 Å². The summed E-state index contributed by atoms with van der Waals surface area (Å²) in [7, 11) is 1.27. The molecule has 0 spiro atoms. The van der Waals surface area contributed by atoms with Gasteiger partial charge >= 0.3 is 0 Å². The van der Waals surface area contributed by atoms with Crippen LogP contribution in [-0.2, 0) is 0 Å². The van der Waals surface area contributed by atoms with E-state index in [4.69, 9.17) is 4.74 Å². The Kier molecular flexibility index (Phi) is 4.90. The van der Waals surface area contributed by atoms with Crippen LogP contribution >= 0.6 is 0 Å². The third kappa shape index (κ3) is 3.74. The van der Waals surface area contributed by atoms with E-state index in [2.05, 4.69) is 10.5 Å². The number of hydrogen-bond acceptors (Lipinski definition) is 8. The molecule has 0 aromatic heterocycles. The minimum Gasteiger partial charge on any atom is -0.504 e. The maximum Gasteiger partial charge on any atom is 0.274 e. The zero-order valence-electron chi connectivity index (χ0n) is 12.4. The van der Waals surface area contributed by atoms with E-state index in [1.165, 1.54) is 37.6 Å². The van der Waals surface area contributed by atoms with Gasteiger partial charge in [0.15, 0.2) is 11.5 Å². The summed E-state index contributed by atoms with van der Waals surface area (Å²) in [5, 5.41) is 35.2. The average molecular weight is 332 g/mol. The number of nitrogens with one attached hydrogen (secondary N) is 1. The number of rotatable bonds is 6. The second-order valence-corrected chi connectivity index (χ2v) is 4.52. The molecular weight excluding hydrogens is 320 g/mol. The minimum atomic E-state index is -0.622. The Morgan fingerprint density at radius 3 is 2.29 bits per heavy atom. The van der Waals surface area contributed by atoms with Gasteiger partial charge in [-0.2, -0.15) is 5.10 Å². The first-order chi connectivity index (χ1) is 11.4. The van der Waals surface area contributed by atoms with Gasteiger partial charge in [0, 0.05) is 23.8 Å². The van der Waals surface area contributed by atoms with Gasteiger partial charge in [-0.25, -0.2) is 0 Å². The quantitative estimate of drug-likeness (QED) is 0.470. The molecule has 0 unspecified atom stereocenters. The number of phenolic OH excluding ortho intramolecular Hbond substituents is 1. The molecule has 10 nitrogen and oxygen atoms in total. The van der Waals surface area contributed by atoms with Crippen molar-refractivity contribution >= 4 is 23.3 Å². The van der Waals surface area contributed by atoms with E-state index in [0.29, 0.717) is 5.69 Å². The predicted molar refractivity (Wildman–Crippen MR) is 85.6 cm³/mol. The molecule has 124 valence electrons. The zero-order valence-corrected chi connectivity index (χ0v) is 12.4. The molecule has 0 aliphatic heterocycles. The second kappa shape index (κ2) is 7.05. The fraction of sp³-hybridized carbons (Fsp3) is 0.0714. The number of hydrazone groups is 1. The molecule has 0 aliphatic carbocycles. The van der Waals surface area contributed by atoms with E-state index < -0.39 is 9.85 Å². The van der Waals surface area contributed by atoms with Crippen LogP contribution in [-0.4, -0.2) is 28.3 Å². The number of anilines is 1. The Bertz CT molecular complexity index is 804. The van der Waals surface area contributed by atoms with Crippen molar-refractivity contribution in [3.8, 4) is 11.5 Å². The highest BCUT2D eigenvalue weighted by atomic mass is 16.6. The monoisotopic (exact) mass is 332 g/mol.